The van der Waals surface area contributed by atoms with E-state index in [1.54, 1.807) is 11.1 Å². The van der Waals surface area contributed by atoms with Gasteiger partial charge in [-0.15, -0.1) is 0 Å². The Morgan fingerprint density at radius 3 is 3.00 bits per heavy atom. The summed E-state index contributed by atoms with van der Waals surface area (Å²) in [6.45, 7) is 3.73. The molecule has 0 radical (unpaired) electrons. The molecule has 3 rings (SSSR count). The predicted octanol–water partition coefficient (Wildman–Crippen LogP) is 3.00. The molecule has 1 N–H and O–H groups in total. The fraction of sp³-hybridized carbons (Fsp3) is 0.647. The quantitative estimate of drug-likeness (QED) is 0.896. The minimum atomic E-state index is 0.595. The van der Waals surface area contributed by atoms with E-state index >= 15 is 0 Å². The first-order valence-corrected chi connectivity index (χ1v) is 7.82. The standard InChI is InChI=1S/C17H26N2/c1-19-11-5-6-14(13-19)12-18-17-10-4-8-15-7-2-3-9-16(15)17/h2-3,7,9,14,17-18H,4-6,8,10-13H2,1H3. The topological polar surface area (TPSA) is 15.3 Å². The number of piperidine rings is 1. The molecule has 1 aromatic rings. The number of fused-ring (bicyclic) bond motifs is 1. The lowest BCUT2D eigenvalue weighted by atomic mass is 9.87. The fourth-order valence-corrected chi connectivity index (χ4v) is 3.71. The second-order valence-electron chi connectivity index (χ2n) is 6.32. The zero-order chi connectivity index (χ0) is 13.1. The maximum atomic E-state index is 3.84. The van der Waals surface area contributed by atoms with Gasteiger partial charge in [0.1, 0.15) is 0 Å². The minimum absolute atomic E-state index is 0.595. The van der Waals surface area contributed by atoms with E-state index in [4.69, 9.17) is 0 Å². The third kappa shape index (κ3) is 3.18. The molecule has 1 saturated heterocycles. The molecule has 0 bridgehead atoms. The summed E-state index contributed by atoms with van der Waals surface area (Å²) in [4.78, 5) is 2.48. The van der Waals surface area contributed by atoms with Crippen LogP contribution in [0.1, 0.15) is 42.9 Å². The molecule has 0 aromatic heterocycles. The van der Waals surface area contributed by atoms with E-state index in [1.165, 1.54) is 51.7 Å². The minimum Gasteiger partial charge on any atom is -0.310 e. The van der Waals surface area contributed by atoms with E-state index < -0.39 is 0 Å². The van der Waals surface area contributed by atoms with Crippen molar-refractivity contribution in [1.29, 1.82) is 0 Å². The Morgan fingerprint density at radius 2 is 2.11 bits per heavy atom. The molecule has 1 aliphatic heterocycles. The van der Waals surface area contributed by atoms with Gasteiger partial charge in [-0.3, -0.25) is 0 Å². The van der Waals surface area contributed by atoms with Crippen LogP contribution in [-0.2, 0) is 6.42 Å². The summed E-state index contributed by atoms with van der Waals surface area (Å²) < 4.78 is 0. The van der Waals surface area contributed by atoms with Crippen LogP contribution in [0.4, 0.5) is 0 Å². The van der Waals surface area contributed by atoms with Gasteiger partial charge in [0.2, 0.25) is 0 Å². The lowest BCUT2D eigenvalue weighted by Gasteiger charge is -2.32. The van der Waals surface area contributed by atoms with Crippen LogP contribution >= 0.6 is 0 Å². The molecule has 0 saturated carbocycles. The predicted molar refractivity (Wildman–Crippen MR) is 80.3 cm³/mol. The highest BCUT2D eigenvalue weighted by atomic mass is 15.1. The highest BCUT2D eigenvalue weighted by Crippen LogP contribution is 2.29. The molecule has 1 aliphatic carbocycles. The van der Waals surface area contributed by atoms with Gasteiger partial charge in [-0.1, -0.05) is 24.3 Å². The number of likely N-dealkylation sites (tertiary alicyclic amines) is 1. The van der Waals surface area contributed by atoms with E-state index in [1.807, 2.05) is 0 Å². The van der Waals surface area contributed by atoms with Gasteiger partial charge in [-0.25, -0.2) is 0 Å². The molecule has 2 unspecified atom stereocenters. The number of benzene rings is 1. The van der Waals surface area contributed by atoms with Crippen LogP contribution in [-0.4, -0.2) is 31.6 Å². The van der Waals surface area contributed by atoms with Crippen LogP contribution in [0.15, 0.2) is 24.3 Å². The van der Waals surface area contributed by atoms with E-state index in [-0.39, 0.29) is 0 Å². The van der Waals surface area contributed by atoms with Crippen LogP contribution in [0, 0.1) is 5.92 Å². The van der Waals surface area contributed by atoms with Crippen molar-refractivity contribution in [1.82, 2.24) is 10.2 Å². The molecule has 104 valence electrons. The maximum Gasteiger partial charge on any atom is 0.0323 e. The van der Waals surface area contributed by atoms with Gasteiger partial charge in [0.05, 0.1) is 0 Å². The smallest absolute Gasteiger partial charge is 0.0323 e. The fourth-order valence-electron chi connectivity index (χ4n) is 3.71. The molecule has 2 aliphatic rings. The molecule has 1 heterocycles. The summed E-state index contributed by atoms with van der Waals surface area (Å²) in [6, 6.07) is 9.58. The van der Waals surface area contributed by atoms with Crippen LogP contribution in [0.5, 0.6) is 0 Å². The Labute approximate surface area is 117 Å². The van der Waals surface area contributed by atoms with Crippen molar-refractivity contribution in [3.05, 3.63) is 35.4 Å². The Balaban J connectivity index is 1.59. The van der Waals surface area contributed by atoms with Crippen LogP contribution in [0.3, 0.4) is 0 Å². The Kier molecular flexibility index (Phi) is 4.19. The van der Waals surface area contributed by atoms with Crippen molar-refractivity contribution in [3.8, 4) is 0 Å². The van der Waals surface area contributed by atoms with Gasteiger partial charge in [-0.05, 0) is 69.3 Å². The van der Waals surface area contributed by atoms with Gasteiger partial charge >= 0.3 is 0 Å². The van der Waals surface area contributed by atoms with E-state index in [2.05, 4.69) is 41.5 Å². The number of hydrogen-bond donors (Lipinski definition) is 1. The number of nitrogens with one attached hydrogen (secondary N) is 1. The van der Waals surface area contributed by atoms with Crippen molar-refractivity contribution >= 4 is 0 Å². The molecule has 2 atom stereocenters. The summed E-state index contributed by atoms with van der Waals surface area (Å²) >= 11 is 0. The van der Waals surface area contributed by atoms with Gasteiger partial charge in [0.25, 0.3) is 0 Å². The monoisotopic (exact) mass is 258 g/mol. The number of rotatable bonds is 3. The highest BCUT2D eigenvalue weighted by Gasteiger charge is 2.22. The first kappa shape index (κ1) is 13.1. The average Bonchev–Trinajstić information content (AvgIpc) is 2.45. The molecular weight excluding hydrogens is 232 g/mol. The summed E-state index contributed by atoms with van der Waals surface area (Å²) in [6.07, 6.45) is 6.66. The SMILES string of the molecule is CN1CCCC(CNC2CCCc3ccccc32)C1. The van der Waals surface area contributed by atoms with Crippen LogP contribution in [0.2, 0.25) is 0 Å². The average molecular weight is 258 g/mol. The summed E-state index contributed by atoms with van der Waals surface area (Å²) in [7, 11) is 2.25. The Bertz CT molecular complexity index is 415. The zero-order valence-corrected chi connectivity index (χ0v) is 12.1. The molecule has 0 spiro atoms. The molecule has 2 heteroatoms. The number of aryl methyl sites for hydroxylation is 1. The van der Waals surface area contributed by atoms with E-state index in [9.17, 15) is 0 Å². The first-order chi connectivity index (χ1) is 9.33. The molecule has 1 fully saturated rings. The third-order valence-corrected chi connectivity index (χ3v) is 4.74. The van der Waals surface area contributed by atoms with Crippen molar-refractivity contribution in [3.63, 3.8) is 0 Å². The van der Waals surface area contributed by atoms with E-state index in [0.29, 0.717) is 6.04 Å². The summed E-state index contributed by atoms with van der Waals surface area (Å²) in [5, 5.41) is 3.84. The van der Waals surface area contributed by atoms with Gasteiger partial charge < -0.3 is 10.2 Å². The summed E-state index contributed by atoms with van der Waals surface area (Å²) in [5.74, 6) is 0.841. The van der Waals surface area contributed by atoms with Crippen molar-refractivity contribution in [2.45, 2.75) is 38.1 Å². The zero-order valence-electron chi connectivity index (χ0n) is 12.1. The Hall–Kier alpha value is -0.860. The number of hydrogen-bond acceptors (Lipinski definition) is 2. The first-order valence-electron chi connectivity index (χ1n) is 7.82. The van der Waals surface area contributed by atoms with Crippen molar-refractivity contribution in [2.24, 2.45) is 5.92 Å². The highest BCUT2D eigenvalue weighted by molar-refractivity contribution is 5.32. The molecular formula is C17H26N2. The van der Waals surface area contributed by atoms with Crippen molar-refractivity contribution in [2.75, 3.05) is 26.7 Å². The maximum absolute atomic E-state index is 3.84. The van der Waals surface area contributed by atoms with E-state index in [0.717, 1.165) is 5.92 Å². The number of nitrogens with zero attached hydrogens (tertiary/aromatic N) is 1. The Morgan fingerprint density at radius 1 is 1.21 bits per heavy atom. The van der Waals surface area contributed by atoms with Crippen molar-refractivity contribution < 1.29 is 0 Å². The van der Waals surface area contributed by atoms with Gasteiger partial charge in [0, 0.05) is 12.6 Å². The van der Waals surface area contributed by atoms with Crippen LogP contribution in [0.25, 0.3) is 0 Å². The normalized spacial score (nSPS) is 28.1. The lowest BCUT2D eigenvalue weighted by molar-refractivity contribution is 0.201. The molecule has 0 amide bonds. The second-order valence-corrected chi connectivity index (χ2v) is 6.32. The molecule has 2 nitrogen and oxygen atoms in total. The summed E-state index contributed by atoms with van der Waals surface area (Å²) in [5.41, 5.74) is 3.12. The second kappa shape index (κ2) is 6.06. The molecule has 1 aromatic carbocycles. The van der Waals surface area contributed by atoms with Gasteiger partial charge in [0.15, 0.2) is 0 Å². The van der Waals surface area contributed by atoms with Crippen LogP contribution < -0.4 is 5.32 Å². The van der Waals surface area contributed by atoms with Gasteiger partial charge in [-0.2, -0.15) is 0 Å². The lowest BCUT2D eigenvalue weighted by Crippen LogP contribution is -2.38. The molecule has 19 heavy (non-hydrogen) atoms. The third-order valence-electron chi connectivity index (χ3n) is 4.74. The largest absolute Gasteiger partial charge is 0.310 e.